The van der Waals surface area contributed by atoms with Crippen LogP contribution in [0.4, 0.5) is 0 Å². The molecule has 0 spiro atoms. The number of ether oxygens (including phenoxy) is 1. The largest absolute Gasteiger partial charge is 0.464 e. The Labute approximate surface area is 120 Å². The summed E-state index contributed by atoms with van der Waals surface area (Å²) in [4.78, 5) is 15.5. The van der Waals surface area contributed by atoms with Crippen molar-refractivity contribution in [3.63, 3.8) is 0 Å². The molecule has 0 unspecified atom stereocenters. The van der Waals surface area contributed by atoms with Crippen LogP contribution in [0.1, 0.15) is 16.1 Å². The average Bonchev–Trinajstić information content (AvgIpc) is 2.87. The molecular weight excluding hydrogens is 316 g/mol. The summed E-state index contributed by atoms with van der Waals surface area (Å²) in [6.07, 6.45) is 0. The Morgan fingerprint density at radius 1 is 1.50 bits per heavy atom. The van der Waals surface area contributed by atoms with Gasteiger partial charge in [-0.15, -0.1) is 28.3 Å². The van der Waals surface area contributed by atoms with Gasteiger partial charge in [-0.1, -0.05) is 18.2 Å². The van der Waals surface area contributed by atoms with Gasteiger partial charge >= 0.3 is 5.97 Å². The number of nitrogens with two attached hydrogens (primary N) is 1. The standard InChI is InChI=1S/C12H12N2O2S.BrH/c1-16-12(15)10-7-17-11(14-10)9-4-2-3-8(5-9)6-13;/h2-5,7H,6,13H2,1H3;1H. The summed E-state index contributed by atoms with van der Waals surface area (Å²) in [6.45, 7) is 0.489. The summed E-state index contributed by atoms with van der Waals surface area (Å²) in [7, 11) is 1.34. The zero-order valence-electron chi connectivity index (χ0n) is 9.75. The highest BCUT2D eigenvalue weighted by molar-refractivity contribution is 8.93. The number of methoxy groups -OCH3 is 1. The third-order valence-corrected chi connectivity index (χ3v) is 3.20. The molecule has 96 valence electrons. The molecule has 0 aliphatic carbocycles. The van der Waals surface area contributed by atoms with Crippen LogP contribution in [-0.4, -0.2) is 18.1 Å². The molecule has 4 nitrogen and oxygen atoms in total. The number of carbonyl (C=O) groups is 1. The first-order chi connectivity index (χ1) is 8.24. The van der Waals surface area contributed by atoms with Crippen molar-refractivity contribution in [1.29, 1.82) is 0 Å². The molecule has 0 amide bonds. The molecule has 0 bridgehead atoms. The summed E-state index contributed by atoms with van der Waals surface area (Å²) in [5.74, 6) is -0.414. The summed E-state index contributed by atoms with van der Waals surface area (Å²) in [5, 5.41) is 2.48. The molecule has 0 saturated heterocycles. The van der Waals surface area contributed by atoms with E-state index >= 15 is 0 Å². The maximum absolute atomic E-state index is 11.3. The van der Waals surface area contributed by atoms with E-state index in [1.807, 2.05) is 24.3 Å². The average molecular weight is 329 g/mol. The fraction of sp³-hybridized carbons (Fsp3) is 0.167. The van der Waals surface area contributed by atoms with Gasteiger partial charge in [0.25, 0.3) is 0 Å². The minimum absolute atomic E-state index is 0. The Morgan fingerprint density at radius 2 is 2.28 bits per heavy atom. The van der Waals surface area contributed by atoms with Crippen LogP contribution in [-0.2, 0) is 11.3 Å². The van der Waals surface area contributed by atoms with Crippen molar-refractivity contribution in [2.75, 3.05) is 7.11 Å². The predicted octanol–water partition coefficient (Wildman–Crippen LogP) is 2.63. The van der Waals surface area contributed by atoms with Crippen molar-refractivity contribution in [3.05, 3.63) is 40.9 Å². The number of halogens is 1. The van der Waals surface area contributed by atoms with Crippen LogP contribution >= 0.6 is 28.3 Å². The van der Waals surface area contributed by atoms with Crippen LogP contribution < -0.4 is 5.73 Å². The predicted molar refractivity (Wildman–Crippen MR) is 77.1 cm³/mol. The van der Waals surface area contributed by atoms with Crippen molar-refractivity contribution < 1.29 is 9.53 Å². The van der Waals surface area contributed by atoms with E-state index in [0.717, 1.165) is 16.1 Å². The second-order valence-electron chi connectivity index (χ2n) is 3.43. The molecule has 2 aromatic rings. The fourth-order valence-corrected chi connectivity index (χ4v) is 2.22. The summed E-state index contributed by atoms with van der Waals surface area (Å²) < 4.78 is 4.62. The zero-order valence-corrected chi connectivity index (χ0v) is 12.3. The van der Waals surface area contributed by atoms with E-state index < -0.39 is 5.97 Å². The van der Waals surface area contributed by atoms with Crippen molar-refractivity contribution in [1.82, 2.24) is 4.98 Å². The summed E-state index contributed by atoms with van der Waals surface area (Å²) in [5.41, 5.74) is 7.92. The lowest BCUT2D eigenvalue weighted by Crippen LogP contribution is -2.01. The van der Waals surface area contributed by atoms with Crippen LogP contribution in [0.5, 0.6) is 0 Å². The topological polar surface area (TPSA) is 65.2 Å². The van der Waals surface area contributed by atoms with Crippen molar-refractivity contribution in [2.45, 2.75) is 6.54 Å². The molecule has 1 aromatic carbocycles. The molecule has 0 saturated carbocycles. The molecule has 2 rings (SSSR count). The molecule has 0 aliphatic heterocycles. The lowest BCUT2D eigenvalue weighted by Gasteiger charge is -1.99. The summed E-state index contributed by atoms with van der Waals surface area (Å²) in [6, 6.07) is 7.80. The van der Waals surface area contributed by atoms with E-state index in [-0.39, 0.29) is 17.0 Å². The Hall–Kier alpha value is -1.24. The monoisotopic (exact) mass is 328 g/mol. The molecule has 0 fully saturated rings. The SMILES string of the molecule is Br.COC(=O)c1csc(-c2cccc(CN)c2)n1. The fourth-order valence-electron chi connectivity index (χ4n) is 1.44. The van der Waals surface area contributed by atoms with Crippen molar-refractivity contribution in [2.24, 2.45) is 5.73 Å². The van der Waals surface area contributed by atoms with Gasteiger partial charge in [-0.3, -0.25) is 0 Å². The van der Waals surface area contributed by atoms with E-state index in [9.17, 15) is 4.79 Å². The van der Waals surface area contributed by atoms with Gasteiger partial charge in [-0.2, -0.15) is 0 Å². The number of thiazole rings is 1. The van der Waals surface area contributed by atoms with Gasteiger partial charge in [0.1, 0.15) is 5.01 Å². The summed E-state index contributed by atoms with van der Waals surface area (Å²) >= 11 is 1.41. The third kappa shape index (κ3) is 3.16. The number of carbonyl (C=O) groups excluding carboxylic acids is 1. The number of esters is 1. The first kappa shape index (κ1) is 14.8. The number of benzene rings is 1. The van der Waals surface area contributed by atoms with Gasteiger partial charge < -0.3 is 10.5 Å². The van der Waals surface area contributed by atoms with Gasteiger partial charge in [0.2, 0.25) is 0 Å². The van der Waals surface area contributed by atoms with Crippen molar-refractivity contribution >= 4 is 34.3 Å². The number of hydrogen-bond donors (Lipinski definition) is 1. The number of nitrogens with zero attached hydrogens (tertiary/aromatic N) is 1. The van der Waals surface area contributed by atoms with Crippen LogP contribution in [0, 0.1) is 0 Å². The van der Waals surface area contributed by atoms with Crippen molar-refractivity contribution in [3.8, 4) is 10.6 Å². The Bertz CT molecular complexity index is 542. The molecule has 1 aromatic heterocycles. The van der Waals surface area contributed by atoms with Crippen LogP contribution in [0.3, 0.4) is 0 Å². The second-order valence-corrected chi connectivity index (χ2v) is 4.29. The Kier molecular flexibility index (Phi) is 5.46. The Morgan fingerprint density at radius 3 is 2.94 bits per heavy atom. The number of rotatable bonds is 3. The molecular formula is C12H13BrN2O2S. The minimum atomic E-state index is -0.414. The van der Waals surface area contributed by atoms with E-state index in [1.54, 1.807) is 5.38 Å². The van der Waals surface area contributed by atoms with Gasteiger partial charge in [-0.05, 0) is 11.6 Å². The number of hydrogen-bond acceptors (Lipinski definition) is 5. The smallest absolute Gasteiger partial charge is 0.357 e. The maximum Gasteiger partial charge on any atom is 0.357 e. The zero-order chi connectivity index (χ0) is 12.3. The molecule has 6 heteroatoms. The van der Waals surface area contributed by atoms with Gasteiger partial charge in [0.15, 0.2) is 5.69 Å². The van der Waals surface area contributed by atoms with Gasteiger partial charge in [0.05, 0.1) is 7.11 Å². The molecule has 2 N–H and O–H groups in total. The first-order valence-electron chi connectivity index (χ1n) is 5.08. The van der Waals surface area contributed by atoms with Crippen LogP contribution in [0.15, 0.2) is 29.6 Å². The highest BCUT2D eigenvalue weighted by atomic mass is 79.9. The number of aromatic nitrogens is 1. The molecule has 18 heavy (non-hydrogen) atoms. The van der Waals surface area contributed by atoms with E-state index in [0.29, 0.717) is 12.2 Å². The van der Waals surface area contributed by atoms with Crippen LogP contribution in [0.25, 0.3) is 10.6 Å². The molecule has 0 radical (unpaired) electrons. The van der Waals surface area contributed by atoms with E-state index in [4.69, 9.17) is 5.73 Å². The first-order valence-corrected chi connectivity index (χ1v) is 5.96. The highest BCUT2D eigenvalue weighted by Gasteiger charge is 2.11. The van der Waals surface area contributed by atoms with Crippen LogP contribution in [0.2, 0.25) is 0 Å². The molecule has 1 heterocycles. The lowest BCUT2D eigenvalue weighted by molar-refractivity contribution is 0.0595. The maximum atomic E-state index is 11.3. The highest BCUT2D eigenvalue weighted by Crippen LogP contribution is 2.24. The second kappa shape index (κ2) is 6.63. The quantitative estimate of drug-likeness (QED) is 0.879. The van der Waals surface area contributed by atoms with E-state index in [1.165, 1.54) is 18.4 Å². The minimum Gasteiger partial charge on any atom is -0.464 e. The molecule has 0 aliphatic rings. The third-order valence-electron chi connectivity index (χ3n) is 2.31. The Balaban J connectivity index is 0.00000162. The lowest BCUT2D eigenvalue weighted by atomic mass is 10.1. The molecule has 0 atom stereocenters. The van der Waals surface area contributed by atoms with Gasteiger partial charge in [-0.25, -0.2) is 9.78 Å². The van der Waals surface area contributed by atoms with E-state index in [2.05, 4.69) is 9.72 Å². The van der Waals surface area contributed by atoms with Gasteiger partial charge in [0, 0.05) is 17.5 Å². The normalized spacial score (nSPS) is 9.67.